The molecule has 0 saturated carbocycles. The molecule has 4 rings (SSSR count). The van der Waals surface area contributed by atoms with Crippen LogP contribution in [0.4, 0.5) is 11.4 Å². The van der Waals surface area contributed by atoms with Crippen LogP contribution in [0.15, 0.2) is 48.5 Å². The van der Waals surface area contributed by atoms with Gasteiger partial charge >= 0.3 is 0 Å². The van der Waals surface area contributed by atoms with Gasteiger partial charge in [0.2, 0.25) is 0 Å². The van der Waals surface area contributed by atoms with Crippen molar-refractivity contribution in [1.82, 2.24) is 9.80 Å². The zero-order valence-electron chi connectivity index (χ0n) is 15.7. The molecule has 1 atom stereocenters. The zero-order chi connectivity index (χ0) is 17.8. The van der Waals surface area contributed by atoms with E-state index >= 15 is 0 Å². The first kappa shape index (κ1) is 17.5. The summed E-state index contributed by atoms with van der Waals surface area (Å²) in [5.41, 5.74) is 5.29. The van der Waals surface area contributed by atoms with Gasteiger partial charge in [-0.2, -0.15) is 0 Å². The number of hydrogen-bond donors (Lipinski definition) is 1. The molecular weight excluding hydrogens is 322 g/mol. The van der Waals surface area contributed by atoms with Crippen molar-refractivity contribution in [3.63, 3.8) is 0 Å². The lowest BCUT2D eigenvalue weighted by atomic mass is 9.93. The molecule has 2 aliphatic rings. The average molecular weight is 351 g/mol. The lowest BCUT2D eigenvalue weighted by Gasteiger charge is -2.37. The molecule has 1 unspecified atom stereocenters. The Kier molecular flexibility index (Phi) is 5.54. The van der Waals surface area contributed by atoms with E-state index in [0.29, 0.717) is 6.04 Å². The number of morpholine rings is 1. The standard InChI is InChI=1S/C22H29N3O/c1-18-22-17-21(23-20-5-3-2-4-6-20)8-7-19(22)9-10-25(18)12-11-24-13-15-26-16-14-24/h2-8,17-18,23H,9-16H2,1H3. The summed E-state index contributed by atoms with van der Waals surface area (Å²) >= 11 is 0. The van der Waals surface area contributed by atoms with Gasteiger partial charge in [0.05, 0.1) is 13.2 Å². The number of fused-ring (bicyclic) bond motifs is 1. The fourth-order valence-electron chi connectivity index (χ4n) is 4.03. The molecule has 2 heterocycles. The molecule has 0 spiro atoms. The molecule has 1 saturated heterocycles. The van der Waals surface area contributed by atoms with Crippen LogP contribution in [0.1, 0.15) is 24.1 Å². The van der Waals surface area contributed by atoms with Gasteiger partial charge < -0.3 is 10.1 Å². The van der Waals surface area contributed by atoms with E-state index < -0.39 is 0 Å². The Morgan fingerprint density at radius 3 is 2.58 bits per heavy atom. The Balaban J connectivity index is 1.42. The first-order valence-corrected chi connectivity index (χ1v) is 9.78. The summed E-state index contributed by atoms with van der Waals surface area (Å²) < 4.78 is 5.46. The number of anilines is 2. The van der Waals surface area contributed by atoms with Crippen LogP contribution in [0.25, 0.3) is 0 Å². The molecular formula is C22H29N3O. The highest BCUT2D eigenvalue weighted by Crippen LogP contribution is 2.32. The maximum atomic E-state index is 5.46. The van der Waals surface area contributed by atoms with Gasteiger partial charge in [0.25, 0.3) is 0 Å². The molecule has 0 amide bonds. The Bertz CT molecular complexity index is 713. The Labute approximate surface area is 156 Å². The summed E-state index contributed by atoms with van der Waals surface area (Å²) in [5.74, 6) is 0. The van der Waals surface area contributed by atoms with E-state index in [1.165, 1.54) is 16.8 Å². The summed E-state index contributed by atoms with van der Waals surface area (Å²) in [6.45, 7) is 9.70. The van der Waals surface area contributed by atoms with Crippen molar-refractivity contribution >= 4 is 11.4 Å². The fraction of sp³-hybridized carbons (Fsp3) is 0.455. The minimum Gasteiger partial charge on any atom is -0.379 e. The van der Waals surface area contributed by atoms with E-state index in [0.717, 1.165) is 58.0 Å². The molecule has 0 bridgehead atoms. The highest BCUT2D eigenvalue weighted by Gasteiger charge is 2.24. The fourth-order valence-corrected chi connectivity index (χ4v) is 4.03. The summed E-state index contributed by atoms with van der Waals surface area (Å²) in [7, 11) is 0. The van der Waals surface area contributed by atoms with Crippen LogP contribution in [0, 0.1) is 0 Å². The van der Waals surface area contributed by atoms with Crippen LogP contribution in [-0.4, -0.2) is 55.7 Å². The van der Waals surface area contributed by atoms with Gasteiger partial charge in [0.15, 0.2) is 0 Å². The van der Waals surface area contributed by atoms with Crippen molar-refractivity contribution in [1.29, 1.82) is 0 Å². The van der Waals surface area contributed by atoms with E-state index in [2.05, 4.69) is 64.5 Å². The molecule has 2 aromatic carbocycles. The average Bonchev–Trinajstić information content (AvgIpc) is 2.69. The largest absolute Gasteiger partial charge is 0.379 e. The highest BCUT2D eigenvalue weighted by molar-refractivity contribution is 5.61. The number of para-hydroxylation sites is 1. The monoisotopic (exact) mass is 351 g/mol. The highest BCUT2D eigenvalue weighted by atomic mass is 16.5. The minimum absolute atomic E-state index is 0.470. The molecule has 4 heteroatoms. The quantitative estimate of drug-likeness (QED) is 0.889. The topological polar surface area (TPSA) is 27.7 Å². The SMILES string of the molecule is CC1c2cc(Nc3ccccc3)ccc2CCN1CCN1CCOCC1. The third-order valence-corrected chi connectivity index (χ3v) is 5.68. The number of ether oxygens (including phenoxy) is 1. The first-order chi connectivity index (χ1) is 12.8. The summed E-state index contributed by atoms with van der Waals surface area (Å²) in [6, 6.07) is 17.7. The van der Waals surface area contributed by atoms with Gasteiger partial charge in [-0.3, -0.25) is 9.80 Å². The van der Waals surface area contributed by atoms with Crippen LogP contribution in [0.2, 0.25) is 0 Å². The van der Waals surface area contributed by atoms with Crippen LogP contribution in [0.3, 0.4) is 0 Å². The van der Waals surface area contributed by atoms with E-state index in [9.17, 15) is 0 Å². The number of benzene rings is 2. The van der Waals surface area contributed by atoms with E-state index in [1.54, 1.807) is 0 Å². The molecule has 1 fully saturated rings. The molecule has 2 aliphatic heterocycles. The summed E-state index contributed by atoms with van der Waals surface area (Å²) in [5, 5.41) is 3.53. The van der Waals surface area contributed by atoms with Crippen molar-refractivity contribution in [2.75, 3.05) is 51.3 Å². The van der Waals surface area contributed by atoms with Gasteiger partial charge in [0.1, 0.15) is 0 Å². The van der Waals surface area contributed by atoms with E-state index in [1.807, 2.05) is 6.07 Å². The molecule has 0 aliphatic carbocycles. The molecule has 2 aromatic rings. The Hall–Kier alpha value is -1.88. The van der Waals surface area contributed by atoms with Crippen molar-refractivity contribution in [2.24, 2.45) is 0 Å². The van der Waals surface area contributed by atoms with E-state index in [-0.39, 0.29) is 0 Å². The number of nitrogens with zero attached hydrogens (tertiary/aromatic N) is 2. The van der Waals surface area contributed by atoms with Crippen LogP contribution in [-0.2, 0) is 11.2 Å². The molecule has 138 valence electrons. The number of hydrogen-bond acceptors (Lipinski definition) is 4. The maximum Gasteiger partial charge on any atom is 0.0594 e. The van der Waals surface area contributed by atoms with Gasteiger partial charge in [-0.25, -0.2) is 0 Å². The third-order valence-electron chi connectivity index (χ3n) is 5.68. The van der Waals surface area contributed by atoms with Crippen molar-refractivity contribution < 1.29 is 4.74 Å². The smallest absolute Gasteiger partial charge is 0.0594 e. The predicted octanol–water partition coefficient (Wildman–Crippen LogP) is 3.68. The normalized spacial score (nSPS) is 21.3. The molecule has 0 radical (unpaired) electrons. The maximum absolute atomic E-state index is 5.46. The second-order valence-electron chi connectivity index (χ2n) is 7.32. The van der Waals surface area contributed by atoms with Crippen molar-refractivity contribution in [3.8, 4) is 0 Å². The van der Waals surface area contributed by atoms with Crippen LogP contribution in [0.5, 0.6) is 0 Å². The zero-order valence-corrected chi connectivity index (χ0v) is 15.7. The molecule has 1 N–H and O–H groups in total. The number of rotatable bonds is 5. The van der Waals surface area contributed by atoms with Gasteiger partial charge in [-0.1, -0.05) is 24.3 Å². The van der Waals surface area contributed by atoms with Gasteiger partial charge in [-0.05, 0) is 48.7 Å². The summed E-state index contributed by atoms with van der Waals surface area (Å²) in [6.07, 6.45) is 1.15. The van der Waals surface area contributed by atoms with E-state index in [4.69, 9.17) is 4.74 Å². The number of nitrogens with one attached hydrogen (secondary N) is 1. The Morgan fingerprint density at radius 2 is 1.77 bits per heavy atom. The van der Waals surface area contributed by atoms with Crippen molar-refractivity contribution in [2.45, 2.75) is 19.4 Å². The lowest BCUT2D eigenvalue weighted by Crippen LogP contribution is -2.43. The van der Waals surface area contributed by atoms with Gasteiger partial charge in [-0.15, -0.1) is 0 Å². The first-order valence-electron chi connectivity index (χ1n) is 9.78. The Morgan fingerprint density at radius 1 is 0.962 bits per heavy atom. The summed E-state index contributed by atoms with van der Waals surface area (Å²) in [4.78, 5) is 5.16. The van der Waals surface area contributed by atoms with Crippen LogP contribution >= 0.6 is 0 Å². The molecule has 4 nitrogen and oxygen atoms in total. The predicted molar refractivity (Wildman–Crippen MR) is 107 cm³/mol. The molecule has 26 heavy (non-hydrogen) atoms. The lowest BCUT2D eigenvalue weighted by molar-refractivity contribution is 0.0307. The minimum atomic E-state index is 0.470. The van der Waals surface area contributed by atoms with Crippen molar-refractivity contribution in [3.05, 3.63) is 59.7 Å². The second kappa shape index (κ2) is 8.21. The van der Waals surface area contributed by atoms with Crippen LogP contribution < -0.4 is 5.32 Å². The second-order valence-corrected chi connectivity index (χ2v) is 7.32. The molecule has 0 aromatic heterocycles. The van der Waals surface area contributed by atoms with Gasteiger partial charge in [0, 0.05) is 50.1 Å². The third kappa shape index (κ3) is 4.09.